The van der Waals surface area contributed by atoms with Crippen molar-refractivity contribution < 1.29 is 27.2 Å². The molecule has 7 rings (SSSR count). The van der Waals surface area contributed by atoms with E-state index in [2.05, 4.69) is 48.8 Å². The molecular weight excluding hydrogens is 624 g/mol. The quantitative estimate of drug-likeness (QED) is 0.128. The van der Waals surface area contributed by atoms with Gasteiger partial charge < -0.3 is 20.6 Å². The van der Waals surface area contributed by atoms with E-state index >= 15 is 0 Å². The van der Waals surface area contributed by atoms with Crippen LogP contribution in [-0.4, -0.2) is 43.6 Å². The Kier molecular flexibility index (Phi) is 8.43. The molecular formula is C36H36F4N6O2. The zero-order chi connectivity index (χ0) is 33.5. The SMILES string of the molecule is O=C(NCc1ncc(-c2ccc3cc(-c4ccc5nc(CNC(=O)C6CCC(F)(F)CC6)[nH]c5c4)ccc3c2)[nH]1)C1CCC(F)(F)CC1. The highest BCUT2D eigenvalue weighted by atomic mass is 19.3. The standard InChI is InChI=1S/C36H36F4N6O2/c37-35(38)11-7-21(8-12-35)33(47)42-19-31-41-18-30(46-31)27-4-3-23-15-24(1-2-25(23)16-27)26-5-6-28-29(17-26)45-32(44-28)20-43-34(48)22-9-13-36(39,40)14-10-22/h1-6,15-18,21-22H,7-14,19-20H2,(H,41,46)(H,42,47)(H,43,48)(H,44,45). The van der Waals surface area contributed by atoms with Gasteiger partial charge in [0.15, 0.2) is 0 Å². The summed E-state index contributed by atoms with van der Waals surface area (Å²) in [5.74, 6) is -5.35. The number of nitrogens with one attached hydrogen (secondary N) is 4. The maximum absolute atomic E-state index is 13.4. The predicted octanol–water partition coefficient (Wildman–Crippen LogP) is 7.66. The van der Waals surface area contributed by atoms with E-state index in [1.807, 2.05) is 36.4 Å². The molecule has 48 heavy (non-hydrogen) atoms. The Morgan fingerprint density at radius 1 is 0.688 bits per heavy atom. The lowest BCUT2D eigenvalue weighted by Crippen LogP contribution is -2.35. The Labute approximate surface area is 274 Å². The van der Waals surface area contributed by atoms with Crippen LogP contribution in [-0.2, 0) is 22.7 Å². The van der Waals surface area contributed by atoms with Crippen molar-refractivity contribution in [3.8, 4) is 22.4 Å². The van der Waals surface area contributed by atoms with Gasteiger partial charge in [-0.2, -0.15) is 0 Å². The maximum atomic E-state index is 13.4. The monoisotopic (exact) mass is 660 g/mol. The van der Waals surface area contributed by atoms with Gasteiger partial charge in [0.25, 0.3) is 0 Å². The number of aromatic amines is 2. The number of carbonyl (C=O) groups excluding carboxylic acids is 2. The Morgan fingerprint density at radius 2 is 1.21 bits per heavy atom. The van der Waals surface area contributed by atoms with Crippen LogP contribution >= 0.6 is 0 Å². The summed E-state index contributed by atoms with van der Waals surface area (Å²) in [7, 11) is 0. The Bertz CT molecular complexity index is 1970. The highest BCUT2D eigenvalue weighted by Gasteiger charge is 2.38. The molecule has 2 saturated carbocycles. The highest BCUT2D eigenvalue weighted by Crippen LogP contribution is 2.37. The van der Waals surface area contributed by atoms with Gasteiger partial charge in [0.05, 0.1) is 36.0 Å². The molecule has 2 heterocycles. The van der Waals surface area contributed by atoms with Crippen molar-refractivity contribution in [2.75, 3.05) is 0 Å². The number of rotatable bonds is 8. The zero-order valence-corrected chi connectivity index (χ0v) is 26.2. The van der Waals surface area contributed by atoms with E-state index in [0.29, 0.717) is 11.6 Å². The molecule has 8 nitrogen and oxygen atoms in total. The van der Waals surface area contributed by atoms with Crippen LogP contribution in [0.5, 0.6) is 0 Å². The lowest BCUT2D eigenvalue weighted by molar-refractivity contribution is -0.130. The number of hydrogen-bond acceptors (Lipinski definition) is 4. The van der Waals surface area contributed by atoms with Gasteiger partial charge in [-0.1, -0.05) is 30.3 Å². The first kappa shape index (κ1) is 31.8. The van der Waals surface area contributed by atoms with Crippen LogP contribution in [0.2, 0.25) is 0 Å². The number of aromatic nitrogens is 4. The van der Waals surface area contributed by atoms with Gasteiger partial charge in [-0.05, 0) is 71.8 Å². The van der Waals surface area contributed by atoms with Crippen molar-refractivity contribution in [2.45, 2.75) is 76.3 Å². The third kappa shape index (κ3) is 7.07. The molecule has 2 amide bonds. The summed E-state index contributed by atoms with van der Waals surface area (Å²) in [4.78, 5) is 40.5. The molecule has 4 N–H and O–H groups in total. The summed E-state index contributed by atoms with van der Waals surface area (Å²) in [6, 6.07) is 18.3. The van der Waals surface area contributed by atoms with Crippen molar-refractivity contribution >= 4 is 33.6 Å². The fourth-order valence-electron chi connectivity index (χ4n) is 6.75. The summed E-state index contributed by atoms with van der Waals surface area (Å²) in [6.07, 6.45) is 1.48. The van der Waals surface area contributed by atoms with Gasteiger partial charge in [0.1, 0.15) is 11.6 Å². The smallest absolute Gasteiger partial charge is 0.248 e. The highest BCUT2D eigenvalue weighted by molar-refractivity contribution is 5.92. The van der Waals surface area contributed by atoms with Crippen LogP contribution in [0, 0.1) is 11.8 Å². The van der Waals surface area contributed by atoms with Crippen LogP contribution in [0.1, 0.15) is 63.0 Å². The molecule has 250 valence electrons. The Hall–Kier alpha value is -4.74. The predicted molar refractivity (Wildman–Crippen MR) is 174 cm³/mol. The number of imidazole rings is 2. The first-order chi connectivity index (χ1) is 23.0. The molecule has 2 aliphatic carbocycles. The molecule has 0 bridgehead atoms. The molecule has 0 radical (unpaired) electrons. The van der Waals surface area contributed by atoms with E-state index in [4.69, 9.17) is 0 Å². The fourth-order valence-corrected chi connectivity index (χ4v) is 6.75. The van der Waals surface area contributed by atoms with Gasteiger partial charge in [0, 0.05) is 43.1 Å². The average molecular weight is 661 g/mol. The van der Waals surface area contributed by atoms with E-state index < -0.39 is 23.7 Å². The van der Waals surface area contributed by atoms with Crippen molar-refractivity contribution in [3.63, 3.8) is 0 Å². The number of hydrogen-bond donors (Lipinski definition) is 4. The zero-order valence-electron chi connectivity index (χ0n) is 26.2. The normalized spacial score (nSPS) is 18.2. The molecule has 0 unspecified atom stereocenters. The number of amides is 2. The molecule has 2 fully saturated rings. The number of nitrogens with zero attached hydrogens (tertiary/aromatic N) is 2. The minimum Gasteiger partial charge on any atom is -0.349 e. The minimum absolute atomic E-state index is 0.192. The van der Waals surface area contributed by atoms with Crippen molar-refractivity contribution in [2.24, 2.45) is 11.8 Å². The second-order valence-electron chi connectivity index (χ2n) is 13.1. The summed E-state index contributed by atoms with van der Waals surface area (Å²) in [5.41, 5.74) is 5.36. The van der Waals surface area contributed by atoms with E-state index in [9.17, 15) is 27.2 Å². The summed E-state index contributed by atoms with van der Waals surface area (Å²) < 4.78 is 53.8. The number of carbonyl (C=O) groups is 2. The third-order valence-electron chi connectivity index (χ3n) is 9.68. The van der Waals surface area contributed by atoms with Gasteiger partial charge >= 0.3 is 0 Å². The Balaban J connectivity index is 0.976. The molecule has 0 aliphatic heterocycles. The van der Waals surface area contributed by atoms with Gasteiger partial charge in [-0.15, -0.1) is 0 Å². The van der Waals surface area contributed by atoms with Gasteiger partial charge in [-0.25, -0.2) is 27.5 Å². The van der Waals surface area contributed by atoms with Crippen LogP contribution in [0.15, 0.2) is 60.8 Å². The maximum Gasteiger partial charge on any atom is 0.248 e. The summed E-state index contributed by atoms with van der Waals surface area (Å²) in [6.45, 7) is 0.397. The van der Waals surface area contributed by atoms with Crippen molar-refractivity contribution in [1.29, 1.82) is 0 Å². The lowest BCUT2D eigenvalue weighted by atomic mass is 9.86. The largest absolute Gasteiger partial charge is 0.349 e. The van der Waals surface area contributed by atoms with Crippen molar-refractivity contribution in [3.05, 3.63) is 72.4 Å². The number of H-pyrrole nitrogens is 2. The number of halogens is 4. The number of benzene rings is 3. The average Bonchev–Trinajstić information content (AvgIpc) is 3.72. The fraction of sp³-hybridized carbons (Fsp3) is 0.389. The molecule has 12 heteroatoms. The second-order valence-corrected chi connectivity index (χ2v) is 13.1. The molecule has 0 saturated heterocycles. The lowest BCUT2D eigenvalue weighted by Gasteiger charge is -2.27. The van der Waals surface area contributed by atoms with Crippen molar-refractivity contribution in [1.82, 2.24) is 30.6 Å². The summed E-state index contributed by atoms with van der Waals surface area (Å²) >= 11 is 0. The van der Waals surface area contributed by atoms with Crippen LogP contribution in [0.4, 0.5) is 17.6 Å². The molecule has 3 aromatic carbocycles. The van der Waals surface area contributed by atoms with Gasteiger partial charge in [-0.3, -0.25) is 9.59 Å². The number of alkyl halides is 4. The first-order valence-corrected chi connectivity index (χ1v) is 16.4. The van der Waals surface area contributed by atoms with Crippen LogP contribution in [0.25, 0.3) is 44.2 Å². The number of fused-ring (bicyclic) bond motifs is 2. The molecule has 0 spiro atoms. The van der Waals surface area contributed by atoms with E-state index in [1.165, 1.54) is 0 Å². The van der Waals surface area contributed by atoms with Crippen LogP contribution in [0.3, 0.4) is 0 Å². The van der Waals surface area contributed by atoms with E-state index in [-0.39, 0.29) is 76.3 Å². The second kappa shape index (κ2) is 12.7. The third-order valence-corrected chi connectivity index (χ3v) is 9.68. The van der Waals surface area contributed by atoms with Gasteiger partial charge in [0.2, 0.25) is 23.7 Å². The van der Waals surface area contributed by atoms with Crippen LogP contribution < -0.4 is 10.6 Å². The van der Waals surface area contributed by atoms with E-state index in [0.717, 1.165) is 44.2 Å². The minimum atomic E-state index is -2.67. The molecule has 2 aromatic heterocycles. The van der Waals surface area contributed by atoms with E-state index in [1.54, 1.807) is 6.20 Å². The summed E-state index contributed by atoms with van der Waals surface area (Å²) in [5, 5.41) is 7.76. The molecule has 2 aliphatic rings. The molecule has 5 aromatic rings. The Morgan fingerprint density at radius 3 is 1.83 bits per heavy atom. The first-order valence-electron chi connectivity index (χ1n) is 16.4. The topological polar surface area (TPSA) is 116 Å². The molecule has 0 atom stereocenters.